The van der Waals surface area contributed by atoms with E-state index in [4.69, 9.17) is 4.74 Å². The summed E-state index contributed by atoms with van der Waals surface area (Å²) in [5.74, 6) is -2.24. The smallest absolute Gasteiger partial charge is 0.339 e. The molecule has 3 amide bonds. The van der Waals surface area contributed by atoms with Crippen LogP contribution in [0.4, 0.5) is 9.18 Å². The fourth-order valence-corrected chi connectivity index (χ4v) is 1.86. The molecule has 0 spiro atoms. The number of rotatable bonds is 6. The van der Waals surface area contributed by atoms with Crippen molar-refractivity contribution in [3.63, 3.8) is 0 Å². The maximum atomic E-state index is 13.1. The number of ether oxygens (including phenoxy) is 1. The molecule has 0 fully saturated rings. The van der Waals surface area contributed by atoms with E-state index < -0.39 is 30.3 Å². The van der Waals surface area contributed by atoms with E-state index in [2.05, 4.69) is 21.2 Å². The monoisotopic (exact) mass is 374 g/mol. The number of imide groups is 1. The standard InChI is InChI=1S/C14H16BrFN2O4/c1-2-3-6-17-14(21)18-12(19)8-22-13(20)10-7-9(16)4-5-11(10)15/h4-5,7H,2-3,6,8H2,1H3,(H2,17,18,19,21). The molecule has 0 heterocycles. The Labute approximate surface area is 135 Å². The first kappa shape index (κ1) is 18.1. The third-order valence-electron chi connectivity index (χ3n) is 2.55. The van der Waals surface area contributed by atoms with Gasteiger partial charge in [0.15, 0.2) is 6.61 Å². The van der Waals surface area contributed by atoms with Gasteiger partial charge in [-0.1, -0.05) is 13.3 Å². The summed E-state index contributed by atoms with van der Waals surface area (Å²) in [6.07, 6.45) is 1.71. The van der Waals surface area contributed by atoms with Crippen molar-refractivity contribution in [3.05, 3.63) is 34.1 Å². The summed E-state index contributed by atoms with van der Waals surface area (Å²) in [7, 11) is 0. The Morgan fingerprint density at radius 2 is 2.05 bits per heavy atom. The molecule has 1 rings (SSSR count). The number of nitrogens with one attached hydrogen (secondary N) is 2. The summed E-state index contributed by atoms with van der Waals surface area (Å²) in [6.45, 7) is 1.78. The Balaban J connectivity index is 2.42. The topological polar surface area (TPSA) is 84.5 Å². The molecule has 1 aromatic rings. The van der Waals surface area contributed by atoms with Gasteiger partial charge in [-0.25, -0.2) is 14.0 Å². The zero-order valence-electron chi connectivity index (χ0n) is 11.9. The van der Waals surface area contributed by atoms with E-state index in [0.29, 0.717) is 11.0 Å². The minimum Gasteiger partial charge on any atom is -0.452 e. The highest BCUT2D eigenvalue weighted by Gasteiger charge is 2.15. The van der Waals surface area contributed by atoms with E-state index >= 15 is 0 Å². The largest absolute Gasteiger partial charge is 0.452 e. The zero-order valence-corrected chi connectivity index (χ0v) is 13.5. The lowest BCUT2D eigenvalue weighted by molar-refractivity contribution is -0.123. The second kappa shape index (κ2) is 9.14. The first-order valence-electron chi connectivity index (χ1n) is 6.64. The summed E-state index contributed by atoms with van der Waals surface area (Å²) in [6, 6.07) is 2.87. The summed E-state index contributed by atoms with van der Waals surface area (Å²) in [5.41, 5.74) is -0.0415. The molecule has 0 bridgehead atoms. The van der Waals surface area contributed by atoms with Gasteiger partial charge in [0.05, 0.1) is 5.56 Å². The number of benzene rings is 1. The fourth-order valence-electron chi connectivity index (χ4n) is 1.45. The Morgan fingerprint density at radius 1 is 1.32 bits per heavy atom. The van der Waals surface area contributed by atoms with Crippen LogP contribution >= 0.6 is 15.9 Å². The van der Waals surface area contributed by atoms with Gasteiger partial charge in [0.25, 0.3) is 5.91 Å². The number of halogens is 2. The van der Waals surface area contributed by atoms with Gasteiger partial charge in [0.1, 0.15) is 5.82 Å². The lowest BCUT2D eigenvalue weighted by atomic mass is 10.2. The maximum absolute atomic E-state index is 13.1. The van der Waals surface area contributed by atoms with E-state index in [0.717, 1.165) is 18.9 Å². The molecule has 0 aliphatic rings. The minimum atomic E-state index is -0.868. The van der Waals surface area contributed by atoms with E-state index in [9.17, 15) is 18.8 Å². The molecule has 0 aromatic heterocycles. The van der Waals surface area contributed by atoms with Crippen molar-refractivity contribution in [1.82, 2.24) is 10.6 Å². The highest BCUT2D eigenvalue weighted by atomic mass is 79.9. The van der Waals surface area contributed by atoms with Gasteiger partial charge >= 0.3 is 12.0 Å². The lowest BCUT2D eigenvalue weighted by Gasteiger charge is -2.08. The van der Waals surface area contributed by atoms with Crippen molar-refractivity contribution in [1.29, 1.82) is 0 Å². The Kier molecular flexibility index (Phi) is 7.51. The van der Waals surface area contributed by atoms with Crippen molar-refractivity contribution >= 4 is 33.8 Å². The van der Waals surface area contributed by atoms with Crippen LogP contribution in [0.3, 0.4) is 0 Å². The molecule has 0 radical (unpaired) electrons. The van der Waals surface area contributed by atoms with Crippen LogP contribution in [0.15, 0.2) is 22.7 Å². The normalized spacial score (nSPS) is 9.95. The highest BCUT2D eigenvalue weighted by molar-refractivity contribution is 9.10. The average molecular weight is 375 g/mol. The molecule has 0 saturated carbocycles. The molecule has 2 N–H and O–H groups in total. The van der Waals surface area contributed by atoms with E-state index in [1.165, 1.54) is 12.1 Å². The van der Waals surface area contributed by atoms with Crippen LogP contribution in [0.1, 0.15) is 30.1 Å². The van der Waals surface area contributed by atoms with E-state index in [-0.39, 0.29) is 5.56 Å². The van der Waals surface area contributed by atoms with Gasteiger partial charge in [0, 0.05) is 11.0 Å². The average Bonchev–Trinajstić information content (AvgIpc) is 2.47. The molecular weight excluding hydrogens is 359 g/mol. The molecule has 0 saturated heterocycles. The van der Waals surface area contributed by atoms with E-state index in [1.54, 1.807) is 0 Å². The second-order valence-electron chi connectivity index (χ2n) is 4.36. The molecular formula is C14H16BrFN2O4. The number of esters is 1. The van der Waals surface area contributed by atoms with Crippen LogP contribution in [0, 0.1) is 5.82 Å². The summed E-state index contributed by atoms with van der Waals surface area (Å²) in [5, 5.41) is 4.50. The van der Waals surface area contributed by atoms with E-state index in [1.807, 2.05) is 12.2 Å². The van der Waals surface area contributed by atoms with Crippen LogP contribution in [0.25, 0.3) is 0 Å². The third kappa shape index (κ3) is 6.21. The third-order valence-corrected chi connectivity index (χ3v) is 3.24. The van der Waals surface area contributed by atoms with Gasteiger partial charge in [-0.05, 0) is 40.5 Å². The number of hydrogen-bond donors (Lipinski definition) is 2. The number of unbranched alkanes of at least 4 members (excludes halogenated alkanes) is 1. The Hall–Kier alpha value is -1.96. The van der Waals surface area contributed by atoms with Crippen molar-refractivity contribution in [2.45, 2.75) is 19.8 Å². The van der Waals surface area contributed by atoms with Crippen LogP contribution < -0.4 is 10.6 Å². The van der Waals surface area contributed by atoms with Crippen molar-refractivity contribution in [2.75, 3.05) is 13.2 Å². The van der Waals surface area contributed by atoms with Gasteiger partial charge < -0.3 is 10.1 Å². The summed E-state index contributed by atoms with van der Waals surface area (Å²) >= 11 is 3.08. The lowest BCUT2D eigenvalue weighted by Crippen LogP contribution is -2.41. The molecule has 22 heavy (non-hydrogen) atoms. The van der Waals surface area contributed by atoms with Crippen molar-refractivity contribution < 1.29 is 23.5 Å². The summed E-state index contributed by atoms with van der Waals surface area (Å²) < 4.78 is 18.1. The van der Waals surface area contributed by atoms with Gasteiger partial charge in [-0.15, -0.1) is 0 Å². The van der Waals surface area contributed by atoms with Gasteiger partial charge in [0.2, 0.25) is 0 Å². The number of amides is 3. The van der Waals surface area contributed by atoms with Crippen LogP contribution in [-0.4, -0.2) is 31.1 Å². The first-order valence-corrected chi connectivity index (χ1v) is 7.43. The first-order chi connectivity index (χ1) is 10.4. The molecule has 1 aromatic carbocycles. The highest BCUT2D eigenvalue weighted by Crippen LogP contribution is 2.18. The maximum Gasteiger partial charge on any atom is 0.339 e. The Bertz CT molecular complexity index is 566. The van der Waals surface area contributed by atoms with Crippen LogP contribution in [0.2, 0.25) is 0 Å². The molecule has 120 valence electrons. The number of carbonyl (C=O) groups is 3. The predicted molar refractivity (Wildman–Crippen MR) is 80.8 cm³/mol. The fraction of sp³-hybridized carbons (Fsp3) is 0.357. The zero-order chi connectivity index (χ0) is 16.5. The van der Waals surface area contributed by atoms with Gasteiger partial charge in [-0.2, -0.15) is 0 Å². The van der Waals surface area contributed by atoms with Crippen molar-refractivity contribution in [2.24, 2.45) is 0 Å². The number of hydrogen-bond acceptors (Lipinski definition) is 4. The quantitative estimate of drug-likeness (QED) is 0.591. The molecule has 8 heteroatoms. The summed E-state index contributed by atoms with van der Waals surface area (Å²) in [4.78, 5) is 34.5. The molecule has 0 aliphatic carbocycles. The SMILES string of the molecule is CCCCNC(=O)NC(=O)COC(=O)c1cc(F)ccc1Br. The van der Waals surface area contributed by atoms with Crippen molar-refractivity contribution in [3.8, 4) is 0 Å². The van der Waals surface area contributed by atoms with Crippen LogP contribution in [0.5, 0.6) is 0 Å². The predicted octanol–water partition coefficient (Wildman–Crippen LogP) is 2.37. The van der Waals surface area contributed by atoms with Crippen LogP contribution in [-0.2, 0) is 9.53 Å². The molecule has 0 atom stereocenters. The molecule has 0 unspecified atom stereocenters. The number of urea groups is 1. The number of carbonyl (C=O) groups excluding carboxylic acids is 3. The molecule has 0 aliphatic heterocycles. The second-order valence-corrected chi connectivity index (χ2v) is 5.21. The minimum absolute atomic E-state index is 0.0415. The Morgan fingerprint density at radius 3 is 2.73 bits per heavy atom. The van der Waals surface area contributed by atoms with Gasteiger partial charge in [-0.3, -0.25) is 10.1 Å². The molecule has 6 nitrogen and oxygen atoms in total.